The Morgan fingerprint density at radius 2 is 1.81 bits per heavy atom. The molecule has 0 saturated carbocycles. The van der Waals surface area contributed by atoms with Crippen molar-refractivity contribution < 1.29 is 18.0 Å². The molecule has 0 bridgehead atoms. The van der Waals surface area contributed by atoms with E-state index >= 15 is 0 Å². The number of carbonyl (C=O) groups excluding carboxylic acids is 1. The molecule has 1 aliphatic heterocycles. The maximum Gasteiger partial charge on any atom is 0.171 e. The minimum atomic E-state index is -1.17. The lowest BCUT2D eigenvalue weighted by atomic mass is 9.88. The zero-order valence-corrected chi connectivity index (χ0v) is 14.1. The van der Waals surface area contributed by atoms with Crippen LogP contribution >= 0.6 is 0 Å². The Balaban J connectivity index is 1.73. The van der Waals surface area contributed by atoms with Gasteiger partial charge in [-0.25, -0.2) is 18.2 Å². The molecule has 0 amide bonds. The van der Waals surface area contributed by atoms with Crippen molar-refractivity contribution in [2.45, 2.75) is 19.8 Å². The van der Waals surface area contributed by atoms with Crippen LogP contribution in [0.1, 0.15) is 34.5 Å². The third-order valence-electron chi connectivity index (χ3n) is 4.63. The predicted octanol–water partition coefficient (Wildman–Crippen LogP) is 3.78. The maximum atomic E-state index is 13.8. The molecule has 0 N–H and O–H groups in total. The first-order valence-electron chi connectivity index (χ1n) is 8.22. The standard InChI is InChI=1S/C19H16F3N3O/c1-11-2-3-17(24-16(11)10-23)25-6-4-12(5-7-25)19(26)18-14(21)8-13(20)9-15(18)22/h2-3,8-9,12H,4-7H2,1H3. The third-order valence-corrected chi connectivity index (χ3v) is 4.63. The molecule has 26 heavy (non-hydrogen) atoms. The van der Waals surface area contributed by atoms with Gasteiger partial charge in [-0.05, 0) is 31.4 Å². The van der Waals surface area contributed by atoms with E-state index in [9.17, 15) is 18.0 Å². The van der Waals surface area contributed by atoms with Crippen molar-refractivity contribution in [3.05, 3.63) is 58.5 Å². The van der Waals surface area contributed by atoms with Crippen molar-refractivity contribution in [2.24, 2.45) is 5.92 Å². The van der Waals surface area contributed by atoms with Crippen LogP contribution in [0, 0.1) is 41.6 Å². The highest BCUT2D eigenvalue weighted by Crippen LogP contribution is 2.27. The largest absolute Gasteiger partial charge is 0.357 e. The zero-order valence-electron chi connectivity index (χ0n) is 14.1. The molecule has 0 spiro atoms. The Morgan fingerprint density at radius 1 is 1.19 bits per heavy atom. The number of Topliss-reactive ketones (excluding diaryl/α,β-unsaturated/α-hetero) is 1. The lowest BCUT2D eigenvalue weighted by molar-refractivity contribution is 0.0891. The number of anilines is 1. The molecule has 1 aliphatic rings. The average Bonchev–Trinajstić information content (AvgIpc) is 2.61. The van der Waals surface area contributed by atoms with Crippen LogP contribution in [0.4, 0.5) is 19.0 Å². The summed E-state index contributed by atoms with van der Waals surface area (Å²) in [4.78, 5) is 18.7. The van der Waals surface area contributed by atoms with Crippen molar-refractivity contribution in [3.63, 3.8) is 0 Å². The van der Waals surface area contributed by atoms with Crippen LogP contribution in [0.25, 0.3) is 0 Å². The van der Waals surface area contributed by atoms with Crippen LogP contribution < -0.4 is 4.90 Å². The summed E-state index contributed by atoms with van der Waals surface area (Å²) in [6, 6.07) is 6.68. The van der Waals surface area contributed by atoms with Gasteiger partial charge >= 0.3 is 0 Å². The van der Waals surface area contributed by atoms with Gasteiger partial charge in [-0.3, -0.25) is 4.79 Å². The fourth-order valence-electron chi connectivity index (χ4n) is 3.16. The molecular formula is C19H16F3N3O. The van der Waals surface area contributed by atoms with Gasteiger partial charge in [0.1, 0.15) is 35.0 Å². The minimum Gasteiger partial charge on any atom is -0.357 e. The molecule has 134 valence electrons. The van der Waals surface area contributed by atoms with Crippen molar-refractivity contribution in [1.82, 2.24) is 4.98 Å². The number of hydrogen-bond donors (Lipinski definition) is 0. The number of pyridine rings is 1. The van der Waals surface area contributed by atoms with Crippen LogP contribution in [-0.4, -0.2) is 23.9 Å². The molecule has 0 unspecified atom stereocenters. The summed E-state index contributed by atoms with van der Waals surface area (Å²) in [6.07, 6.45) is 0.791. The first kappa shape index (κ1) is 17.9. The highest BCUT2D eigenvalue weighted by molar-refractivity contribution is 5.98. The van der Waals surface area contributed by atoms with Crippen LogP contribution in [0.5, 0.6) is 0 Å². The number of halogens is 3. The molecule has 1 saturated heterocycles. The molecule has 1 aromatic carbocycles. The second-order valence-electron chi connectivity index (χ2n) is 6.32. The van der Waals surface area contributed by atoms with E-state index in [0.717, 1.165) is 5.56 Å². The molecule has 2 heterocycles. The quantitative estimate of drug-likeness (QED) is 0.783. The smallest absolute Gasteiger partial charge is 0.171 e. The SMILES string of the molecule is Cc1ccc(N2CCC(C(=O)c3c(F)cc(F)cc3F)CC2)nc1C#N. The summed E-state index contributed by atoms with van der Waals surface area (Å²) in [5.74, 6) is -3.94. The van der Waals surface area contributed by atoms with Crippen molar-refractivity contribution >= 4 is 11.6 Å². The third kappa shape index (κ3) is 3.40. The molecule has 0 radical (unpaired) electrons. The summed E-state index contributed by atoms with van der Waals surface area (Å²) in [5, 5.41) is 9.08. The van der Waals surface area contributed by atoms with Crippen LogP contribution in [0.3, 0.4) is 0 Å². The number of hydrogen-bond acceptors (Lipinski definition) is 4. The van der Waals surface area contributed by atoms with E-state index < -0.39 is 34.7 Å². The van der Waals surface area contributed by atoms with E-state index in [0.29, 0.717) is 49.6 Å². The normalized spacial score (nSPS) is 15.0. The molecule has 7 heteroatoms. The van der Waals surface area contributed by atoms with Gasteiger partial charge < -0.3 is 4.90 Å². The highest BCUT2D eigenvalue weighted by atomic mass is 19.1. The van der Waals surface area contributed by atoms with Crippen molar-refractivity contribution in [1.29, 1.82) is 5.26 Å². The first-order chi connectivity index (χ1) is 12.4. The predicted molar refractivity (Wildman–Crippen MR) is 89.3 cm³/mol. The first-order valence-corrected chi connectivity index (χ1v) is 8.22. The van der Waals surface area contributed by atoms with Gasteiger partial charge in [0.05, 0.1) is 5.56 Å². The van der Waals surface area contributed by atoms with E-state index in [1.807, 2.05) is 11.0 Å². The molecule has 3 rings (SSSR count). The number of nitriles is 1. The monoisotopic (exact) mass is 359 g/mol. The molecule has 1 fully saturated rings. The summed E-state index contributed by atoms with van der Waals surface area (Å²) < 4.78 is 40.7. The van der Waals surface area contributed by atoms with Crippen molar-refractivity contribution in [2.75, 3.05) is 18.0 Å². The Labute approximate surface area is 148 Å². The fraction of sp³-hybridized carbons (Fsp3) is 0.316. The van der Waals surface area contributed by atoms with E-state index in [1.54, 1.807) is 19.1 Å². The zero-order chi connectivity index (χ0) is 18.8. The van der Waals surface area contributed by atoms with Crippen LogP contribution in [-0.2, 0) is 0 Å². The van der Waals surface area contributed by atoms with Gasteiger partial charge in [-0.15, -0.1) is 0 Å². The van der Waals surface area contributed by atoms with E-state index in [1.165, 1.54) is 0 Å². The Bertz CT molecular complexity index is 876. The molecular weight excluding hydrogens is 343 g/mol. The summed E-state index contributed by atoms with van der Waals surface area (Å²) in [7, 11) is 0. The number of rotatable bonds is 3. The van der Waals surface area contributed by atoms with Crippen LogP contribution in [0.2, 0.25) is 0 Å². The minimum absolute atomic E-state index is 0.344. The number of nitrogens with zero attached hydrogens (tertiary/aromatic N) is 3. The molecule has 0 aliphatic carbocycles. The topological polar surface area (TPSA) is 57.0 Å². The number of ketones is 1. The Hall–Kier alpha value is -2.88. The molecule has 1 aromatic heterocycles. The van der Waals surface area contributed by atoms with E-state index in [-0.39, 0.29) is 0 Å². The highest BCUT2D eigenvalue weighted by Gasteiger charge is 2.30. The van der Waals surface area contributed by atoms with Gasteiger partial charge in [-0.1, -0.05) is 6.07 Å². The molecule has 0 atom stereocenters. The number of aryl methyl sites for hydroxylation is 1. The van der Waals surface area contributed by atoms with Crippen LogP contribution in [0.15, 0.2) is 24.3 Å². The number of aromatic nitrogens is 1. The van der Waals surface area contributed by atoms with Crippen molar-refractivity contribution in [3.8, 4) is 6.07 Å². The summed E-state index contributed by atoms with van der Waals surface area (Å²) in [6.45, 7) is 2.75. The maximum absolute atomic E-state index is 13.8. The number of benzene rings is 1. The lowest BCUT2D eigenvalue weighted by Gasteiger charge is -2.32. The van der Waals surface area contributed by atoms with Gasteiger partial charge in [0.2, 0.25) is 0 Å². The fourth-order valence-corrected chi connectivity index (χ4v) is 3.16. The van der Waals surface area contributed by atoms with E-state index in [4.69, 9.17) is 5.26 Å². The average molecular weight is 359 g/mol. The summed E-state index contributed by atoms with van der Waals surface area (Å²) in [5.41, 5.74) is 0.449. The van der Waals surface area contributed by atoms with Gasteiger partial charge in [-0.2, -0.15) is 5.26 Å². The second kappa shape index (κ2) is 7.16. The Morgan fingerprint density at radius 3 is 2.38 bits per heavy atom. The molecule has 4 nitrogen and oxygen atoms in total. The van der Waals surface area contributed by atoms with Gasteiger partial charge in [0.25, 0.3) is 0 Å². The molecule has 2 aromatic rings. The number of piperidine rings is 1. The Kier molecular flexibility index (Phi) is 4.94. The van der Waals surface area contributed by atoms with E-state index in [2.05, 4.69) is 4.98 Å². The second-order valence-corrected chi connectivity index (χ2v) is 6.32. The van der Waals surface area contributed by atoms with Gasteiger partial charge in [0.15, 0.2) is 5.78 Å². The lowest BCUT2D eigenvalue weighted by Crippen LogP contribution is -2.37. The number of carbonyl (C=O) groups is 1. The summed E-state index contributed by atoms with van der Waals surface area (Å²) >= 11 is 0. The van der Waals surface area contributed by atoms with Gasteiger partial charge in [0, 0.05) is 31.1 Å².